The summed E-state index contributed by atoms with van der Waals surface area (Å²) in [6.07, 6.45) is 0. The molecule has 0 fully saturated rings. The maximum absolute atomic E-state index is 5.57. The summed E-state index contributed by atoms with van der Waals surface area (Å²) in [4.78, 5) is 2.10. The third kappa shape index (κ3) is 4.93. The molecule has 0 radical (unpaired) electrons. The van der Waals surface area contributed by atoms with Gasteiger partial charge in [0.25, 0.3) is 0 Å². The van der Waals surface area contributed by atoms with Crippen LogP contribution in [0.5, 0.6) is 17.2 Å². The molecule has 1 aromatic heterocycles. The second kappa shape index (κ2) is 9.53. The van der Waals surface area contributed by atoms with Gasteiger partial charge in [0.2, 0.25) is 4.77 Å². The molecule has 8 nitrogen and oxygen atoms in total. The van der Waals surface area contributed by atoms with Gasteiger partial charge in [0, 0.05) is 6.54 Å². The molecule has 0 aliphatic heterocycles. The summed E-state index contributed by atoms with van der Waals surface area (Å²) in [5.41, 5.74) is 1.93. The van der Waals surface area contributed by atoms with Gasteiger partial charge >= 0.3 is 0 Å². The minimum atomic E-state index is 0.504. The molecule has 0 spiro atoms. The highest BCUT2D eigenvalue weighted by Gasteiger charge is 2.11. The van der Waals surface area contributed by atoms with E-state index in [4.69, 9.17) is 26.4 Å². The molecule has 0 saturated carbocycles. The first-order chi connectivity index (χ1) is 14.0. The van der Waals surface area contributed by atoms with E-state index in [1.807, 2.05) is 56.4 Å². The first kappa shape index (κ1) is 20.8. The van der Waals surface area contributed by atoms with Crippen LogP contribution in [0.4, 0.5) is 0 Å². The molecule has 0 unspecified atom stereocenters. The average Bonchev–Trinajstić information content (AvgIpc) is 3.09. The molecule has 0 amide bonds. The highest BCUT2D eigenvalue weighted by Crippen LogP contribution is 2.28. The summed E-state index contributed by atoms with van der Waals surface area (Å²) in [7, 11) is 5.27. The van der Waals surface area contributed by atoms with Gasteiger partial charge in [-0.05, 0) is 78.6 Å². The first-order valence-electron chi connectivity index (χ1n) is 9.21. The minimum Gasteiger partial charge on any atom is -0.497 e. The van der Waals surface area contributed by atoms with Crippen molar-refractivity contribution in [3.63, 3.8) is 0 Å². The van der Waals surface area contributed by atoms with Gasteiger partial charge in [-0.25, -0.2) is 4.68 Å². The van der Waals surface area contributed by atoms with Crippen molar-refractivity contribution in [1.29, 1.82) is 0 Å². The van der Waals surface area contributed by atoms with E-state index in [1.54, 1.807) is 23.6 Å². The first-order valence-corrected chi connectivity index (χ1v) is 9.62. The maximum atomic E-state index is 5.57. The molecule has 29 heavy (non-hydrogen) atoms. The van der Waals surface area contributed by atoms with Gasteiger partial charge < -0.3 is 14.2 Å². The van der Waals surface area contributed by atoms with Crippen LogP contribution >= 0.6 is 12.2 Å². The molecular weight excluding hydrogens is 390 g/mol. The molecule has 0 bridgehead atoms. The molecular formula is C20H25N5O3S. The second-order valence-electron chi connectivity index (χ2n) is 6.44. The Morgan fingerprint density at radius 1 is 1.00 bits per heavy atom. The lowest BCUT2D eigenvalue weighted by molar-refractivity contribution is 0.241. The lowest BCUT2D eigenvalue weighted by atomic mass is 10.2. The number of aromatic nitrogens is 4. The SMILES string of the molecule is CCOc1ccc(CN(C)Cn2nnn(-c3ccc(OC)cc3)c2=S)cc1OC. The molecule has 0 aliphatic rings. The van der Waals surface area contributed by atoms with Crippen molar-refractivity contribution in [2.24, 2.45) is 0 Å². The fraction of sp³-hybridized carbons (Fsp3) is 0.350. The van der Waals surface area contributed by atoms with Gasteiger partial charge in [0.15, 0.2) is 11.5 Å². The summed E-state index contributed by atoms with van der Waals surface area (Å²) >= 11 is 5.54. The quantitative estimate of drug-likeness (QED) is 0.497. The highest BCUT2D eigenvalue weighted by atomic mass is 32.1. The van der Waals surface area contributed by atoms with Gasteiger partial charge in [0.1, 0.15) is 5.75 Å². The van der Waals surface area contributed by atoms with E-state index in [-0.39, 0.29) is 0 Å². The van der Waals surface area contributed by atoms with E-state index < -0.39 is 0 Å². The summed E-state index contributed by atoms with van der Waals surface area (Å²) in [5.74, 6) is 2.24. The molecule has 3 rings (SSSR count). The van der Waals surface area contributed by atoms with E-state index in [0.29, 0.717) is 24.6 Å². The molecule has 9 heteroatoms. The summed E-state index contributed by atoms with van der Waals surface area (Å²) in [6, 6.07) is 13.4. The van der Waals surface area contributed by atoms with Gasteiger partial charge in [-0.1, -0.05) is 6.07 Å². The third-order valence-electron chi connectivity index (χ3n) is 4.31. The van der Waals surface area contributed by atoms with Gasteiger partial charge in [-0.2, -0.15) is 4.68 Å². The number of tetrazole rings is 1. The van der Waals surface area contributed by atoms with Gasteiger partial charge in [0.05, 0.1) is 33.2 Å². The summed E-state index contributed by atoms with van der Waals surface area (Å²) in [6.45, 7) is 3.74. The Morgan fingerprint density at radius 2 is 1.76 bits per heavy atom. The van der Waals surface area contributed by atoms with E-state index in [9.17, 15) is 0 Å². The smallest absolute Gasteiger partial charge is 0.221 e. The second-order valence-corrected chi connectivity index (χ2v) is 6.81. The molecule has 0 aliphatic carbocycles. The molecule has 1 heterocycles. The Bertz CT molecular complexity index is 1000. The van der Waals surface area contributed by atoms with E-state index in [1.165, 1.54) is 0 Å². The standard InChI is InChI=1S/C20H25N5O3S/c1-5-28-18-11-6-15(12-19(18)27-4)13-23(2)14-24-20(29)25(22-21-24)16-7-9-17(26-3)10-8-16/h6-12H,5,13-14H2,1-4H3. The number of hydrogen-bond acceptors (Lipinski definition) is 7. The van der Waals surface area contributed by atoms with Crippen molar-refractivity contribution in [2.75, 3.05) is 27.9 Å². The van der Waals surface area contributed by atoms with Crippen molar-refractivity contribution in [3.05, 3.63) is 52.8 Å². The van der Waals surface area contributed by atoms with Crippen LogP contribution in [0.1, 0.15) is 12.5 Å². The zero-order chi connectivity index (χ0) is 20.8. The fourth-order valence-corrected chi connectivity index (χ4v) is 3.16. The molecule has 154 valence electrons. The van der Waals surface area contributed by atoms with Crippen LogP contribution in [0.25, 0.3) is 5.69 Å². The lowest BCUT2D eigenvalue weighted by Gasteiger charge is -2.17. The van der Waals surface area contributed by atoms with Crippen molar-refractivity contribution in [2.45, 2.75) is 20.1 Å². The molecule has 0 saturated heterocycles. The van der Waals surface area contributed by atoms with Crippen LogP contribution < -0.4 is 14.2 Å². The minimum absolute atomic E-state index is 0.504. The van der Waals surface area contributed by atoms with Crippen LogP contribution in [0.3, 0.4) is 0 Å². The molecule has 0 atom stereocenters. The van der Waals surface area contributed by atoms with Crippen LogP contribution in [-0.2, 0) is 13.2 Å². The van der Waals surface area contributed by atoms with Gasteiger partial charge in [-0.3, -0.25) is 4.90 Å². The number of hydrogen-bond donors (Lipinski definition) is 0. The zero-order valence-corrected chi connectivity index (χ0v) is 17.8. The highest BCUT2D eigenvalue weighted by molar-refractivity contribution is 7.71. The molecule has 0 N–H and O–H groups in total. The summed E-state index contributed by atoms with van der Waals surface area (Å²) in [5, 5.41) is 8.38. The molecule has 2 aromatic carbocycles. The zero-order valence-electron chi connectivity index (χ0n) is 17.0. The topological polar surface area (TPSA) is 66.6 Å². The number of nitrogens with zero attached hydrogens (tertiary/aromatic N) is 5. The third-order valence-corrected chi connectivity index (χ3v) is 4.70. The van der Waals surface area contributed by atoms with E-state index in [2.05, 4.69) is 15.3 Å². The average molecular weight is 416 g/mol. The monoisotopic (exact) mass is 415 g/mol. The Hall–Kier alpha value is -2.91. The molecule has 3 aromatic rings. The Kier molecular flexibility index (Phi) is 6.84. The van der Waals surface area contributed by atoms with Crippen LogP contribution in [0, 0.1) is 4.77 Å². The predicted molar refractivity (Wildman–Crippen MR) is 112 cm³/mol. The number of ether oxygens (including phenoxy) is 3. The largest absolute Gasteiger partial charge is 0.497 e. The van der Waals surface area contributed by atoms with Crippen molar-refractivity contribution in [1.82, 2.24) is 24.7 Å². The Morgan fingerprint density at radius 3 is 2.41 bits per heavy atom. The predicted octanol–water partition coefficient (Wildman–Crippen LogP) is 3.30. The number of rotatable bonds is 9. The van der Waals surface area contributed by atoms with Crippen molar-refractivity contribution >= 4 is 12.2 Å². The van der Waals surface area contributed by atoms with Crippen LogP contribution in [-0.4, -0.2) is 52.6 Å². The Labute approximate surface area is 175 Å². The van der Waals surface area contributed by atoms with E-state index >= 15 is 0 Å². The Balaban J connectivity index is 1.70. The maximum Gasteiger partial charge on any atom is 0.221 e. The fourth-order valence-electron chi connectivity index (χ4n) is 2.92. The van der Waals surface area contributed by atoms with Crippen molar-refractivity contribution < 1.29 is 14.2 Å². The number of benzene rings is 2. The van der Waals surface area contributed by atoms with Crippen LogP contribution in [0.15, 0.2) is 42.5 Å². The van der Waals surface area contributed by atoms with E-state index in [0.717, 1.165) is 28.5 Å². The van der Waals surface area contributed by atoms with Gasteiger partial charge in [-0.15, -0.1) is 0 Å². The van der Waals surface area contributed by atoms with Crippen molar-refractivity contribution in [3.8, 4) is 22.9 Å². The lowest BCUT2D eigenvalue weighted by Crippen LogP contribution is -2.22. The normalized spacial score (nSPS) is 10.9. The number of methoxy groups -OCH3 is 2. The van der Waals surface area contributed by atoms with Crippen LogP contribution in [0.2, 0.25) is 0 Å². The summed E-state index contributed by atoms with van der Waals surface area (Å²) < 4.78 is 20.0.